The molecule has 0 radical (unpaired) electrons. The summed E-state index contributed by atoms with van der Waals surface area (Å²) in [5, 5.41) is 5.41. The van der Waals surface area contributed by atoms with E-state index in [-0.39, 0.29) is 30.4 Å². The molecule has 1 aromatic carbocycles. The van der Waals surface area contributed by atoms with Crippen molar-refractivity contribution in [2.24, 2.45) is 0 Å². The summed E-state index contributed by atoms with van der Waals surface area (Å²) in [5.41, 5.74) is 2.22. The van der Waals surface area contributed by atoms with E-state index in [0.717, 1.165) is 16.7 Å². The van der Waals surface area contributed by atoms with Crippen LogP contribution in [0.3, 0.4) is 0 Å². The maximum Gasteiger partial charge on any atom is 0.408 e. The third kappa shape index (κ3) is 7.69. The highest BCUT2D eigenvalue weighted by Gasteiger charge is 2.34. The number of nitrogens with zero attached hydrogens (tertiary/aromatic N) is 1. The largest absolute Gasteiger partial charge is 0.444 e. The number of hydrogen-bond donors (Lipinski definition) is 2. The van der Waals surface area contributed by atoms with Gasteiger partial charge in [0.1, 0.15) is 18.2 Å². The van der Waals surface area contributed by atoms with Crippen molar-refractivity contribution in [2.75, 3.05) is 6.54 Å². The zero-order valence-corrected chi connectivity index (χ0v) is 19.8. The molecule has 0 aliphatic carbocycles. The first-order valence-corrected chi connectivity index (χ1v) is 10.4. The Hall–Kier alpha value is -2.57. The van der Waals surface area contributed by atoms with Crippen molar-refractivity contribution in [3.05, 3.63) is 34.9 Å². The molecule has 0 aromatic heterocycles. The molecule has 0 spiro atoms. The molecular weight excluding hydrogens is 382 g/mol. The van der Waals surface area contributed by atoms with E-state index in [0.29, 0.717) is 0 Å². The Balaban J connectivity index is 3.20. The monoisotopic (exact) mass is 419 g/mol. The molecule has 0 heterocycles. The number of hydrogen-bond acceptors (Lipinski definition) is 4. The molecule has 7 nitrogen and oxygen atoms in total. The van der Waals surface area contributed by atoms with E-state index in [9.17, 15) is 14.4 Å². The smallest absolute Gasteiger partial charge is 0.408 e. The fourth-order valence-corrected chi connectivity index (χ4v) is 3.02. The van der Waals surface area contributed by atoms with E-state index in [2.05, 4.69) is 10.6 Å². The highest BCUT2D eigenvalue weighted by Crippen LogP contribution is 2.26. The lowest BCUT2D eigenvalue weighted by Crippen LogP contribution is -2.51. The van der Waals surface area contributed by atoms with Gasteiger partial charge >= 0.3 is 6.09 Å². The van der Waals surface area contributed by atoms with Crippen LogP contribution in [0.2, 0.25) is 0 Å². The van der Waals surface area contributed by atoms with Crippen LogP contribution in [0.4, 0.5) is 4.79 Å². The fraction of sp³-hybridized carbons (Fsp3) is 0.609. The zero-order chi connectivity index (χ0) is 23.2. The summed E-state index contributed by atoms with van der Waals surface area (Å²) >= 11 is 0. The average molecular weight is 420 g/mol. The SMILES string of the molecule is Cc1ccc(C(C(=O)NC(C)C)N(C(=O)CNC(=O)OC(C)(C)C)C(C)C)cc1C. The lowest BCUT2D eigenvalue weighted by atomic mass is 9.98. The Kier molecular flexibility index (Phi) is 8.88. The van der Waals surface area contributed by atoms with E-state index in [1.807, 2.05) is 59.7 Å². The van der Waals surface area contributed by atoms with Gasteiger partial charge in [-0.15, -0.1) is 0 Å². The molecule has 0 aliphatic rings. The molecule has 0 aliphatic heterocycles. The van der Waals surface area contributed by atoms with Gasteiger partial charge in [-0.05, 0) is 79.0 Å². The van der Waals surface area contributed by atoms with Crippen LogP contribution in [-0.2, 0) is 14.3 Å². The Morgan fingerprint density at radius 2 is 1.63 bits per heavy atom. The van der Waals surface area contributed by atoms with Crippen molar-refractivity contribution in [3.63, 3.8) is 0 Å². The molecule has 1 unspecified atom stereocenters. The predicted molar refractivity (Wildman–Crippen MR) is 118 cm³/mol. The van der Waals surface area contributed by atoms with Gasteiger partial charge in [0.25, 0.3) is 0 Å². The summed E-state index contributed by atoms with van der Waals surface area (Å²) in [4.78, 5) is 39.7. The van der Waals surface area contributed by atoms with E-state index in [4.69, 9.17) is 4.74 Å². The molecule has 7 heteroatoms. The quantitative estimate of drug-likeness (QED) is 0.706. The van der Waals surface area contributed by atoms with Gasteiger partial charge in [0.2, 0.25) is 11.8 Å². The molecule has 168 valence electrons. The third-order valence-electron chi connectivity index (χ3n) is 4.43. The second-order valence-electron chi connectivity index (χ2n) is 9.16. The standard InChI is InChI=1S/C23H37N3O4/c1-14(2)25-21(28)20(18-11-10-16(5)17(6)12-18)26(15(3)4)19(27)13-24-22(29)30-23(7,8)9/h10-12,14-15,20H,13H2,1-9H3,(H,24,29)(H,25,28). The number of amides is 3. The minimum atomic E-state index is -0.806. The zero-order valence-electron chi connectivity index (χ0n) is 19.8. The summed E-state index contributed by atoms with van der Waals surface area (Å²) in [6.07, 6.45) is -0.672. The fourth-order valence-electron chi connectivity index (χ4n) is 3.02. The second kappa shape index (κ2) is 10.5. The normalized spacial score (nSPS) is 12.5. The number of rotatable bonds is 7. The first kappa shape index (κ1) is 25.5. The van der Waals surface area contributed by atoms with Gasteiger partial charge in [-0.2, -0.15) is 0 Å². The Morgan fingerprint density at radius 1 is 1.03 bits per heavy atom. The summed E-state index contributed by atoms with van der Waals surface area (Å²) in [6, 6.07) is 4.61. The Labute approximate surface area is 180 Å². The first-order chi connectivity index (χ1) is 13.7. The Morgan fingerprint density at radius 3 is 2.10 bits per heavy atom. The number of ether oxygens (including phenoxy) is 1. The van der Waals surface area contributed by atoms with E-state index in [1.54, 1.807) is 20.8 Å². The topological polar surface area (TPSA) is 87.7 Å². The molecule has 0 bridgehead atoms. The molecule has 3 amide bonds. The van der Waals surface area contributed by atoms with Crippen LogP contribution in [-0.4, -0.2) is 47.0 Å². The average Bonchev–Trinajstić information content (AvgIpc) is 2.57. The van der Waals surface area contributed by atoms with Crippen molar-refractivity contribution < 1.29 is 19.1 Å². The summed E-state index contributed by atoms with van der Waals surface area (Å²) in [6.45, 7) is 16.4. The van der Waals surface area contributed by atoms with E-state index >= 15 is 0 Å². The molecule has 2 N–H and O–H groups in total. The van der Waals surface area contributed by atoms with E-state index in [1.165, 1.54) is 4.90 Å². The van der Waals surface area contributed by atoms with Gasteiger partial charge in [-0.3, -0.25) is 9.59 Å². The molecule has 30 heavy (non-hydrogen) atoms. The number of carbonyl (C=O) groups is 3. The number of benzene rings is 1. The lowest BCUT2D eigenvalue weighted by Gasteiger charge is -2.35. The predicted octanol–water partition coefficient (Wildman–Crippen LogP) is 3.63. The minimum Gasteiger partial charge on any atom is -0.444 e. The van der Waals surface area contributed by atoms with Crippen LogP contribution >= 0.6 is 0 Å². The molecule has 1 aromatic rings. The molecule has 0 saturated heterocycles. The van der Waals surface area contributed by atoms with Crippen LogP contribution in [0.1, 0.15) is 71.2 Å². The molecule has 0 fully saturated rings. The highest BCUT2D eigenvalue weighted by atomic mass is 16.6. The van der Waals surface area contributed by atoms with Gasteiger partial charge in [-0.1, -0.05) is 18.2 Å². The Bertz CT molecular complexity index is 766. The summed E-state index contributed by atoms with van der Waals surface area (Å²) in [7, 11) is 0. The van der Waals surface area contributed by atoms with Crippen molar-refractivity contribution in [1.82, 2.24) is 15.5 Å². The van der Waals surface area contributed by atoms with Crippen LogP contribution in [0.5, 0.6) is 0 Å². The maximum atomic E-state index is 13.1. The first-order valence-electron chi connectivity index (χ1n) is 10.4. The molecule has 1 rings (SSSR count). The number of alkyl carbamates (subject to hydrolysis) is 1. The van der Waals surface area contributed by atoms with Gasteiger partial charge in [0.15, 0.2) is 0 Å². The van der Waals surface area contributed by atoms with Gasteiger partial charge in [0, 0.05) is 12.1 Å². The van der Waals surface area contributed by atoms with Crippen molar-refractivity contribution in [1.29, 1.82) is 0 Å². The number of carbonyl (C=O) groups excluding carboxylic acids is 3. The molecule has 1 atom stereocenters. The lowest BCUT2D eigenvalue weighted by molar-refractivity contribution is -0.142. The van der Waals surface area contributed by atoms with E-state index < -0.39 is 17.7 Å². The van der Waals surface area contributed by atoms with Gasteiger partial charge in [-0.25, -0.2) is 4.79 Å². The van der Waals surface area contributed by atoms with Crippen LogP contribution in [0, 0.1) is 13.8 Å². The third-order valence-corrected chi connectivity index (χ3v) is 4.43. The minimum absolute atomic E-state index is 0.0736. The van der Waals surface area contributed by atoms with Crippen molar-refractivity contribution >= 4 is 17.9 Å². The van der Waals surface area contributed by atoms with Crippen LogP contribution in [0.25, 0.3) is 0 Å². The van der Waals surface area contributed by atoms with Gasteiger partial charge in [0.05, 0.1) is 0 Å². The molecular formula is C23H37N3O4. The number of aryl methyl sites for hydroxylation is 2. The maximum absolute atomic E-state index is 13.1. The van der Waals surface area contributed by atoms with Crippen LogP contribution in [0.15, 0.2) is 18.2 Å². The highest BCUT2D eigenvalue weighted by molar-refractivity contribution is 5.90. The summed E-state index contributed by atoms with van der Waals surface area (Å²) in [5.74, 6) is -0.620. The van der Waals surface area contributed by atoms with Crippen LogP contribution < -0.4 is 10.6 Å². The van der Waals surface area contributed by atoms with Crippen molar-refractivity contribution in [2.45, 2.75) is 86.0 Å². The second-order valence-corrected chi connectivity index (χ2v) is 9.16. The molecule has 0 saturated carbocycles. The number of nitrogens with one attached hydrogen (secondary N) is 2. The summed E-state index contributed by atoms with van der Waals surface area (Å²) < 4.78 is 5.20. The van der Waals surface area contributed by atoms with Gasteiger partial charge < -0.3 is 20.3 Å². The van der Waals surface area contributed by atoms with Crippen molar-refractivity contribution in [3.8, 4) is 0 Å².